The highest BCUT2D eigenvalue weighted by Crippen LogP contribution is 2.37. The number of carbonyl (C=O) groups excluding carboxylic acids is 1. The molecule has 2 N–H and O–H groups in total. The number of hydrogen-bond acceptors (Lipinski definition) is 6. The molecule has 1 aromatic carbocycles. The van der Waals surface area contributed by atoms with E-state index in [1.165, 1.54) is 49.3 Å². The van der Waals surface area contributed by atoms with Gasteiger partial charge in [0.1, 0.15) is 5.69 Å². The molecule has 5 aromatic heterocycles. The van der Waals surface area contributed by atoms with Crippen LogP contribution in [0.15, 0.2) is 67.3 Å². The van der Waals surface area contributed by atoms with E-state index in [1.54, 1.807) is 6.92 Å². The maximum Gasteiger partial charge on any atom is 0.169 e. The van der Waals surface area contributed by atoms with Crippen molar-refractivity contribution in [2.45, 2.75) is 32.7 Å². The van der Waals surface area contributed by atoms with Crippen LogP contribution in [-0.2, 0) is 6.54 Å². The molecule has 0 spiro atoms. The Balaban J connectivity index is 1.25. The number of hydrogen-bond donors (Lipinski definition) is 2. The largest absolute Gasteiger partial charge is 0.352 e. The monoisotopic (exact) mass is 532 g/mol. The minimum Gasteiger partial charge on any atom is -0.352 e. The summed E-state index contributed by atoms with van der Waals surface area (Å²) >= 11 is 1.50. The number of ketones is 1. The number of H-pyrrole nitrogens is 2. The molecular formula is C31H28N6OS. The fourth-order valence-electron chi connectivity index (χ4n) is 5.55. The fourth-order valence-corrected chi connectivity index (χ4v) is 6.48. The average Bonchev–Trinajstić information content (AvgIpc) is 3.71. The molecule has 194 valence electrons. The molecule has 0 amide bonds. The second-order valence-corrected chi connectivity index (χ2v) is 11.4. The number of nitrogens with zero attached hydrogens (tertiary/aromatic N) is 4. The molecule has 0 saturated carbocycles. The van der Waals surface area contributed by atoms with Gasteiger partial charge in [-0.25, -0.2) is 0 Å². The SMILES string of the molecule is CC(=O)c1ccc(-c2cncc3[nH]c(-c4n[nH]c5ccc(-c6cncc(CN7CCCCC7)c6)cc45)cc23)s1. The quantitative estimate of drug-likeness (QED) is 0.224. The highest BCUT2D eigenvalue weighted by Gasteiger charge is 2.17. The van der Waals surface area contributed by atoms with Crippen molar-refractivity contribution in [3.8, 4) is 33.0 Å². The van der Waals surface area contributed by atoms with E-state index in [2.05, 4.69) is 60.4 Å². The molecule has 6 aromatic rings. The third-order valence-electron chi connectivity index (χ3n) is 7.57. The summed E-state index contributed by atoms with van der Waals surface area (Å²) in [5, 5.41) is 9.97. The second kappa shape index (κ2) is 9.87. The molecule has 0 atom stereocenters. The third-order valence-corrected chi connectivity index (χ3v) is 8.78. The lowest BCUT2D eigenvalue weighted by Crippen LogP contribution is -2.29. The van der Waals surface area contributed by atoms with E-state index in [4.69, 9.17) is 0 Å². The van der Waals surface area contributed by atoms with Gasteiger partial charge in [-0.15, -0.1) is 11.3 Å². The van der Waals surface area contributed by atoms with Gasteiger partial charge in [0, 0.05) is 51.9 Å². The molecule has 1 saturated heterocycles. The van der Waals surface area contributed by atoms with E-state index in [-0.39, 0.29) is 5.78 Å². The van der Waals surface area contributed by atoms with Crippen LogP contribution in [0.5, 0.6) is 0 Å². The zero-order valence-corrected chi connectivity index (χ0v) is 22.5. The maximum atomic E-state index is 11.8. The molecule has 7 nitrogen and oxygen atoms in total. The van der Waals surface area contributed by atoms with Crippen molar-refractivity contribution in [3.63, 3.8) is 0 Å². The van der Waals surface area contributed by atoms with Crippen LogP contribution in [0.25, 0.3) is 54.8 Å². The van der Waals surface area contributed by atoms with E-state index in [9.17, 15) is 4.79 Å². The number of pyridine rings is 2. The van der Waals surface area contributed by atoms with Crippen molar-refractivity contribution in [1.82, 2.24) is 30.0 Å². The molecule has 0 bridgehead atoms. The van der Waals surface area contributed by atoms with Gasteiger partial charge in [-0.05, 0) is 80.4 Å². The Morgan fingerprint density at radius 3 is 2.62 bits per heavy atom. The Morgan fingerprint density at radius 2 is 1.77 bits per heavy atom. The lowest BCUT2D eigenvalue weighted by Gasteiger charge is -2.26. The van der Waals surface area contributed by atoms with E-state index < -0.39 is 0 Å². The Morgan fingerprint density at radius 1 is 0.897 bits per heavy atom. The number of aromatic amines is 2. The summed E-state index contributed by atoms with van der Waals surface area (Å²) in [6.45, 7) is 4.88. The maximum absolute atomic E-state index is 11.8. The number of fused-ring (bicyclic) bond motifs is 2. The van der Waals surface area contributed by atoms with E-state index in [0.29, 0.717) is 0 Å². The number of rotatable bonds is 6. The summed E-state index contributed by atoms with van der Waals surface area (Å²) in [7, 11) is 0. The molecule has 1 aliphatic heterocycles. The number of benzene rings is 1. The summed E-state index contributed by atoms with van der Waals surface area (Å²) in [5.41, 5.74) is 8.18. The van der Waals surface area contributed by atoms with Crippen molar-refractivity contribution >= 4 is 38.9 Å². The summed E-state index contributed by atoms with van der Waals surface area (Å²) in [4.78, 5) is 28.7. The first-order valence-corrected chi connectivity index (χ1v) is 14.2. The predicted molar refractivity (Wildman–Crippen MR) is 157 cm³/mol. The number of piperidine rings is 1. The number of aromatic nitrogens is 5. The molecule has 0 aliphatic carbocycles. The standard InChI is InChI=1S/C31H28N6OS/c1-19(38)29-7-8-30(39-29)25-16-33-17-28-23(25)13-27(34-28)31-24-12-21(5-6-26(24)35-36-31)22-11-20(14-32-15-22)18-37-9-3-2-4-10-37/h5-8,11-17,34H,2-4,9-10,18H2,1H3,(H,35,36). The Bertz CT molecular complexity index is 1820. The predicted octanol–water partition coefficient (Wildman–Crippen LogP) is 7.09. The lowest BCUT2D eigenvalue weighted by atomic mass is 10.0. The van der Waals surface area contributed by atoms with Crippen LogP contribution in [0, 0.1) is 0 Å². The highest BCUT2D eigenvalue weighted by molar-refractivity contribution is 7.17. The minimum absolute atomic E-state index is 0.0761. The van der Waals surface area contributed by atoms with Crippen LogP contribution in [0.2, 0.25) is 0 Å². The van der Waals surface area contributed by atoms with Gasteiger partial charge in [-0.1, -0.05) is 12.5 Å². The Labute approximate surface area is 229 Å². The van der Waals surface area contributed by atoms with Crippen LogP contribution in [0.1, 0.15) is 41.4 Å². The zero-order chi connectivity index (χ0) is 26.3. The summed E-state index contributed by atoms with van der Waals surface area (Å²) in [6, 6.07) is 14.7. The molecule has 6 heterocycles. The van der Waals surface area contributed by atoms with Crippen LogP contribution < -0.4 is 0 Å². The molecule has 7 rings (SSSR count). The first kappa shape index (κ1) is 23.9. The zero-order valence-electron chi connectivity index (χ0n) is 21.7. The number of Topliss-reactive ketones (excluding diaryl/α,β-unsaturated/α-hetero) is 1. The van der Waals surface area contributed by atoms with Crippen molar-refractivity contribution in [2.24, 2.45) is 0 Å². The molecule has 0 radical (unpaired) electrons. The van der Waals surface area contributed by atoms with Crippen molar-refractivity contribution in [1.29, 1.82) is 0 Å². The highest BCUT2D eigenvalue weighted by atomic mass is 32.1. The number of nitrogens with one attached hydrogen (secondary N) is 2. The first-order chi connectivity index (χ1) is 19.1. The van der Waals surface area contributed by atoms with Gasteiger partial charge >= 0.3 is 0 Å². The van der Waals surface area contributed by atoms with E-state index in [0.717, 1.165) is 66.2 Å². The van der Waals surface area contributed by atoms with Crippen LogP contribution >= 0.6 is 11.3 Å². The summed E-state index contributed by atoms with van der Waals surface area (Å²) < 4.78 is 0. The average molecular weight is 533 g/mol. The summed E-state index contributed by atoms with van der Waals surface area (Å²) in [6.07, 6.45) is 11.5. The molecule has 1 aliphatic rings. The third kappa shape index (κ3) is 4.56. The Kier molecular flexibility index (Phi) is 6.06. The number of likely N-dealkylation sites (tertiary alicyclic amines) is 1. The van der Waals surface area contributed by atoms with Gasteiger partial charge in [0.2, 0.25) is 0 Å². The van der Waals surface area contributed by atoms with Gasteiger partial charge in [-0.3, -0.25) is 24.8 Å². The van der Waals surface area contributed by atoms with Crippen molar-refractivity contribution in [2.75, 3.05) is 13.1 Å². The molecular weight excluding hydrogens is 504 g/mol. The lowest BCUT2D eigenvalue weighted by molar-refractivity contribution is 0.102. The second-order valence-electron chi connectivity index (χ2n) is 10.3. The van der Waals surface area contributed by atoms with Crippen molar-refractivity contribution in [3.05, 3.63) is 77.7 Å². The van der Waals surface area contributed by atoms with Gasteiger partial charge in [-0.2, -0.15) is 5.10 Å². The van der Waals surface area contributed by atoms with Crippen LogP contribution in [-0.4, -0.2) is 48.9 Å². The van der Waals surface area contributed by atoms with E-state index in [1.807, 2.05) is 36.9 Å². The van der Waals surface area contributed by atoms with Gasteiger partial charge in [0.15, 0.2) is 5.78 Å². The van der Waals surface area contributed by atoms with Crippen molar-refractivity contribution < 1.29 is 4.79 Å². The van der Waals surface area contributed by atoms with Gasteiger partial charge < -0.3 is 4.98 Å². The van der Waals surface area contributed by atoms with Crippen LogP contribution in [0.4, 0.5) is 0 Å². The molecule has 39 heavy (non-hydrogen) atoms. The summed E-state index contributed by atoms with van der Waals surface area (Å²) in [5.74, 6) is 0.0761. The minimum atomic E-state index is 0.0761. The Hall–Kier alpha value is -4.14. The topological polar surface area (TPSA) is 90.6 Å². The van der Waals surface area contributed by atoms with Gasteiger partial charge in [0.05, 0.1) is 27.8 Å². The molecule has 8 heteroatoms. The first-order valence-electron chi connectivity index (χ1n) is 13.4. The van der Waals surface area contributed by atoms with Gasteiger partial charge in [0.25, 0.3) is 0 Å². The number of carbonyl (C=O) groups is 1. The fraction of sp³-hybridized carbons (Fsp3) is 0.226. The molecule has 0 unspecified atom stereocenters. The normalized spacial score (nSPS) is 14.4. The number of thiophene rings is 1. The van der Waals surface area contributed by atoms with E-state index >= 15 is 0 Å². The molecule has 1 fully saturated rings. The van der Waals surface area contributed by atoms with Crippen LogP contribution in [0.3, 0.4) is 0 Å². The smallest absolute Gasteiger partial charge is 0.169 e.